The summed E-state index contributed by atoms with van der Waals surface area (Å²) in [5, 5.41) is 38.9. The minimum Gasteiger partial charge on any atom is -0.445 e. The molecule has 6 N–H and O–H groups in total. The maximum atomic E-state index is 15.5. The van der Waals surface area contributed by atoms with Gasteiger partial charge in [-0.05, 0) is 189 Å². The van der Waals surface area contributed by atoms with Gasteiger partial charge < -0.3 is 78.8 Å². The van der Waals surface area contributed by atoms with Crippen LogP contribution in [0, 0.1) is 23.3 Å². The lowest BCUT2D eigenvalue weighted by Gasteiger charge is -2.46. The number of aromatic amines is 2. The highest BCUT2D eigenvalue weighted by Crippen LogP contribution is 2.56. The first kappa shape index (κ1) is 77.0. The number of amides is 4. The summed E-state index contributed by atoms with van der Waals surface area (Å²) in [6.45, 7) is 4.40. The third kappa shape index (κ3) is 16.3. The molecule has 10 aromatic rings. The fourth-order valence-electron chi connectivity index (χ4n) is 18.6. The lowest BCUT2D eigenvalue weighted by atomic mass is 9.84. The molecule has 5 saturated heterocycles. The molecular formula is C90H94F4N8O12. The maximum Gasteiger partial charge on any atom is 0.410 e. The van der Waals surface area contributed by atoms with Gasteiger partial charge in [0.05, 0.1) is 18.2 Å². The van der Waals surface area contributed by atoms with E-state index in [9.17, 15) is 43.3 Å². The van der Waals surface area contributed by atoms with Gasteiger partial charge in [0.25, 0.3) is 0 Å². The largest absolute Gasteiger partial charge is 0.445 e. The third-order valence-electron chi connectivity index (χ3n) is 24.2. The Kier molecular flexibility index (Phi) is 23.0. The van der Waals surface area contributed by atoms with Gasteiger partial charge in [-0.25, -0.2) is 36.7 Å². The zero-order valence-corrected chi connectivity index (χ0v) is 63.4. The van der Waals surface area contributed by atoms with Crippen molar-refractivity contribution in [3.05, 3.63) is 273 Å². The summed E-state index contributed by atoms with van der Waals surface area (Å²) in [5.74, 6) is -2.28. The number of hydrogen-bond acceptors (Lipinski definition) is 14. The molecule has 20 nitrogen and oxygen atoms in total. The Bertz CT molecular complexity index is 5060. The van der Waals surface area contributed by atoms with Gasteiger partial charge in [0.15, 0.2) is 6.23 Å². The molecule has 5 fully saturated rings. The van der Waals surface area contributed by atoms with Gasteiger partial charge in [-0.3, -0.25) is 0 Å². The first-order valence-electron chi connectivity index (χ1n) is 39.8. The molecule has 8 aromatic carbocycles. The molecule has 2 aromatic heterocycles. The molecule has 0 aliphatic carbocycles. The number of aliphatic hydroxyl groups excluding tert-OH is 3. The summed E-state index contributed by atoms with van der Waals surface area (Å²) in [5.41, 5.74) is 10.9. The van der Waals surface area contributed by atoms with E-state index in [0.29, 0.717) is 92.8 Å². The van der Waals surface area contributed by atoms with Crippen molar-refractivity contribution in [2.75, 3.05) is 36.4 Å². The SMILES string of the molecule is C[C@@H]1O[C@H](N2c3cc(F)ccc3C(C[C@@H]3CCCN3C(=O)OCc3ccccc3)C2c2[nH]c3cc(F)ccc3c2C[C@@H]2CCCN2C(=O)OCc2ccccc2)[C@@H](O)[C@H](O)[C@@H]1O.O=C(OCc1ccccc1)N1CCC[C@H]1Cc1c(C2Nc3cc(F)ccc3C2C[C@@H]2CCCN2C(=O)OCc2ccccc2)[nH]c2cc(F)ccc12. The summed E-state index contributed by atoms with van der Waals surface area (Å²) in [4.78, 5) is 70.3. The molecule has 0 spiro atoms. The molecule has 7 aliphatic rings. The normalized spacial score (nSPS) is 24.4. The van der Waals surface area contributed by atoms with Crippen LogP contribution in [0.3, 0.4) is 0 Å². The van der Waals surface area contributed by atoms with Crippen molar-refractivity contribution in [3.63, 3.8) is 0 Å². The number of fused-ring (bicyclic) bond motifs is 4. The van der Waals surface area contributed by atoms with Gasteiger partial charge in [-0.2, -0.15) is 0 Å². The van der Waals surface area contributed by atoms with Crippen molar-refractivity contribution in [1.82, 2.24) is 29.6 Å². The van der Waals surface area contributed by atoms with Crippen LogP contribution in [0.25, 0.3) is 21.8 Å². The van der Waals surface area contributed by atoms with Crippen LogP contribution in [-0.4, -0.2) is 150 Å². The van der Waals surface area contributed by atoms with E-state index in [1.165, 1.54) is 48.5 Å². The molecule has 0 saturated carbocycles. The third-order valence-corrected chi connectivity index (χ3v) is 24.2. The maximum absolute atomic E-state index is 15.5. The first-order valence-corrected chi connectivity index (χ1v) is 39.8. The van der Waals surface area contributed by atoms with Crippen LogP contribution in [-0.2, 0) is 63.0 Å². The zero-order chi connectivity index (χ0) is 78.7. The van der Waals surface area contributed by atoms with Crippen LogP contribution in [0.1, 0.15) is 151 Å². The lowest BCUT2D eigenvalue weighted by Crippen LogP contribution is -2.62. The van der Waals surface area contributed by atoms with Crippen molar-refractivity contribution >= 4 is 57.6 Å². The number of likely N-dealkylation sites (tertiary alicyclic amines) is 4. The number of aliphatic hydroxyl groups is 3. The van der Waals surface area contributed by atoms with Gasteiger partial charge in [0, 0.05) is 107 Å². The summed E-state index contributed by atoms with van der Waals surface area (Å²) in [7, 11) is 0. The number of benzene rings is 8. The number of ether oxygens (including phenoxy) is 5. The van der Waals surface area contributed by atoms with Crippen LogP contribution in [0.2, 0.25) is 0 Å². The molecule has 17 rings (SSSR count). The number of halogens is 4. The Balaban J connectivity index is 0.000000174. The fourth-order valence-corrected chi connectivity index (χ4v) is 18.6. The van der Waals surface area contributed by atoms with Crippen molar-refractivity contribution in [3.8, 4) is 0 Å². The average molecular weight is 1560 g/mol. The van der Waals surface area contributed by atoms with E-state index in [4.69, 9.17) is 23.7 Å². The van der Waals surface area contributed by atoms with Crippen LogP contribution in [0.15, 0.2) is 194 Å². The van der Waals surface area contributed by atoms with Crippen LogP contribution >= 0.6 is 0 Å². The van der Waals surface area contributed by atoms with E-state index in [1.54, 1.807) is 39.8 Å². The van der Waals surface area contributed by atoms with E-state index in [2.05, 4.69) is 15.3 Å². The van der Waals surface area contributed by atoms with Gasteiger partial charge in [-0.15, -0.1) is 0 Å². The van der Waals surface area contributed by atoms with Crippen LogP contribution in [0.4, 0.5) is 48.1 Å². The van der Waals surface area contributed by atoms with Gasteiger partial charge in [0.2, 0.25) is 0 Å². The number of hydrogen-bond donors (Lipinski definition) is 6. The number of carbonyl (C=O) groups is 4. The highest BCUT2D eigenvalue weighted by atomic mass is 19.1. The Morgan fingerprint density at radius 1 is 0.439 bits per heavy atom. The number of rotatable bonds is 19. The number of nitrogens with zero attached hydrogens (tertiary/aromatic N) is 5. The zero-order valence-electron chi connectivity index (χ0n) is 63.4. The Hall–Kier alpha value is -10.9. The minimum absolute atomic E-state index is 0.0800. The highest BCUT2D eigenvalue weighted by Gasteiger charge is 2.54. The van der Waals surface area contributed by atoms with E-state index >= 15 is 8.78 Å². The lowest BCUT2D eigenvalue weighted by molar-refractivity contribution is -0.218. The van der Waals surface area contributed by atoms with Gasteiger partial charge in [0.1, 0.15) is 68.0 Å². The van der Waals surface area contributed by atoms with Gasteiger partial charge in [-0.1, -0.05) is 133 Å². The average Bonchev–Trinajstić information content (AvgIpc) is 1.49. The second-order valence-electron chi connectivity index (χ2n) is 31.2. The van der Waals surface area contributed by atoms with E-state index < -0.39 is 66.4 Å². The standard InChI is InChI=1S/C48H52F2N4O8.C42H42F2N4O4/c1-28-43(55)44(56)45(57)46(62-28)54-40-23-32(50)17-19-36(40)38(25-34-15-9-21-53(34)48(59)61-27-30-12-6-3-7-13-30)42(54)41-37(35-18-16-31(49)22-39(35)51-41)24-33-14-8-20-52(33)47(58)60-26-29-10-4-2-5-11-29;43-29-15-17-33-35(23-31-13-7-19-47(31)41(49)51-25-27-9-3-1-4-10-27)39(45-37(33)21-29)40-36(34-18-16-30(44)22-38(34)46-40)24-32-14-8-20-48(32)42(50)52-26-28-11-5-2-6-12-28/h2-7,10-13,16-19,22-23,28,33-34,38,42-46,51,55-57H,8-9,14-15,20-21,24-27H2,1H3;1-6,9-12,15-18,21-22,31-32,35,39,45-46H,7-8,13-14,19-20,23-26H2/t28-,33-,34-,38?,42?,43+,44+,45-,46-;31-,32-,35?,39?/m00/s1. The number of H-pyrrole nitrogens is 2. The second-order valence-corrected chi connectivity index (χ2v) is 31.2. The smallest absolute Gasteiger partial charge is 0.410 e. The summed E-state index contributed by atoms with van der Waals surface area (Å²) in [6.07, 6.45) is -0.216. The van der Waals surface area contributed by atoms with E-state index in [1.807, 2.05) is 137 Å². The van der Waals surface area contributed by atoms with Crippen LogP contribution in [0.5, 0.6) is 0 Å². The number of carbonyl (C=O) groups excluding carboxylic acids is 4. The molecule has 9 heterocycles. The first-order chi connectivity index (χ1) is 55.5. The Morgan fingerprint density at radius 3 is 1.29 bits per heavy atom. The quantitative estimate of drug-likeness (QED) is 0.0326. The molecule has 13 atom stereocenters. The van der Waals surface area contributed by atoms with Crippen molar-refractivity contribution < 1.29 is 75.7 Å². The number of aromatic nitrogens is 2. The second kappa shape index (κ2) is 34.0. The number of anilines is 2. The van der Waals surface area contributed by atoms with Crippen LogP contribution < -0.4 is 10.2 Å². The molecule has 4 unspecified atom stereocenters. The Morgan fingerprint density at radius 2 is 0.825 bits per heavy atom. The molecule has 7 aliphatic heterocycles. The topological polar surface area (TPSA) is 235 Å². The van der Waals surface area contributed by atoms with Crippen molar-refractivity contribution in [2.45, 2.75) is 189 Å². The van der Waals surface area contributed by atoms with Gasteiger partial charge >= 0.3 is 24.4 Å². The molecular weight excluding hydrogens is 1460 g/mol. The minimum atomic E-state index is -1.62. The predicted octanol–water partition coefficient (Wildman–Crippen LogP) is 16.7. The van der Waals surface area contributed by atoms with Crippen molar-refractivity contribution in [2.24, 2.45) is 0 Å². The highest BCUT2D eigenvalue weighted by molar-refractivity contribution is 5.87. The fraction of sp³-hybridized carbons (Fsp3) is 0.378. The molecule has 0 radical (unpaired) electrons. The monoisotopic (exact) mass is 1550 g/mol. The van der Waals surface area contributed by atoms with Crippen molar-refractivity contribution in [1.29, 1.82) is 0 Å². The van der Waals surface area contributed by atoms with E-state index in [-0.39, 0.29) is 86.4 Å². The molecule has 114 heavy (non-hydrogen) atoms. The number of nitrogens with one attached hydrogen (secondary N) is 3. The predicted molar refractivity (Wildman–Crippen MR) is 421 cm³/mol. The molecule has 594 valence electrons. The Labute approximate surface area is 658 Å². The summed E-state index contributed by atoms with van der Waals surface area (Å²) in [6, 6.07) is 54.9. The molecule has 0 bridgehead atoms. The molecule has 4 amide bonds. The molecule has 24 heteroatoms. The summed E-state index contributed by atoms with van der Waals surface area (Å²) >= 11 is 0. The summed E-state index contributed by atoms with van der Waals surface area (Å²) < 4.78 is 89.4. The van der Waals surface area contributed by atoms with E-state index in [0.717, 1.165) is 99.5 Å².